The van der Waals surface area contributed by atoms with Gasteiger partial charge in [-0.25, -0.2) is 18.4 Å². The molecule has 3 aromatic heterocycles. The van der Waals surface area contributed by atoms with Crippen LogP contribution in [-0.4, -0.2) is 147 Å². The van der Waals surface area contributed by atoms with E-state index in [2.05, 4.69) is 41.6 Å². The van der Waals surface area contributed by atoms with Gasteiger partial charge in [0.2, 0.25) is 11.8 Å². The summed E-state index contributed by atoms with van der Waals surface area (Å²) in [4.78, 5) is 72.4. The van der Waals surface area contributed by atoms with E-state index in [0.717, 1.165) is 75.7 Å². The second-order valence-corrected chi connectivity index (χ2v) is 21.4. The van der Waals surface area contributed by atoms with Crippen LogP contribution in [0.2, 0.25) is 0 Å². The maximum atomic E-state index is 17.2. The summed E-state index contributed by atoms with van der Waals surface area (Å²) in [5.74, 6) is 0.990. The van der Waals surface area contributed by atoms with Crippen LogP contribution >= 0.6 is 0 Å². The number of rotatable bonds is 14. The number of hydrogen-bond donors (Lipinski definition) is 3. The van der Waals surface area contributed by atoms with E-state index >= 15 is 8.78 Å². The fraction of sp³-hybridized carbons (Fsp3) is 0.482. The molecule has 0 spiro atoms. The molecule has 0 aliphatic carbocycles. The topological polar surface area (TPSA) is 190 Å². The zero-order valence-corrected chi connectivity index (χ0v) is 42.5. The van der Waals surface area contributed by atoms with Gasteiger partial charge in [-0.3, -0.25) is 38.8 Å². The molecule has 18 nitrogen and oxygen atoms in total. The number of halogens is 2. The fourth-order valence-corrected chi connectivity index (χ4v) is 13.1. The van der Waals surface area contributed by atoms with Crippen molar-refractivity contribution in [2.75, 3.05) is 70.5 Å². The molecule has 9 heterocycles. The number of hydrogen-bond acceptors (Lipinski definition) is 14. The highest BCUT2D eigenvalue weighted by Crippen LogP contribution is 2.44. The van der Waals surface area contributed by atoms with Crippen molar-refractivity contribution in [1.29, 1.82) is 0 Å². The quantitative estimate of drug-likeness (QED) is 0.0964. The van der Waals surface area contributed by atoms with Gasteiger partial charge in [0.05, 0.1) is 40.2 Å². The third-order valence-corrected chi connectivity index (χ3v) is 16.8. The molecule has 3 N–H and O–H groups in total. The Hall–Kier alpha value is -7.05. The number of terminal acetylenes is 1. The van der Waals surface area contributed by atoms with Gasteiger partial charge < -0.3 is 29.7 Å². The van der Waals surface area contributed by atoms with Gasteiger partial charge in [-0.2, -0.15) is 9.97 Å². The van der Waals surface area contributed by atoms with Gasteiger partial charge in [0.1, 0.15) is 42.1 Å². The highest BCUT2D eigenvalue weighted by Gasteiger charge is 2.50. The van der Waals surface area contributed by atoms with E-state index in [1.165, 1.54) is 10.6 Å². The molecule has 6 aliphatic rings. The first-order valence-electron chi connectivity index (χ1n) is 26.7. The number of nitrogens with zero attached hydrogens (tertiary/aromatic N) is 8. The number of nitrogens with one attached hydrogen (secondary N) is 3. The van der Waals surface area contributed by atoms with Crippen LogP contribution in [0.1, 0.15) is 75.0 Å². The lowest BCUT2D eigenvalue weighted by Crippen LogP contribution is -2.51. The number of aromatic nitrogens is 5. The predicted molar refractivity (Wildman–Crippen MR) is 280 cm³/mol. The van der Waals surface area contributed by atoms with Gasteiger partial charge in [-0.15, -0.1) is 6.42 Å². The summed E-state index contributed by atoms with van der Waals surface area (Å²) in [6.45, 7) is 5.67. The summed E-state index contributed by atoms with van der Waals surface area (Å²) in [5, 5.41) is 10.5. The number of carbonyl (C=O) groups excluding carboxylic acids is 3. The lowest BCUT2D eigenvalue weighted by molar-refractivity contribution is -0.135. The minimum atomic E-state index is -0.738. The summed E-state index contributed by atoms with van der Waals surface area (Å²) in [6, 6.07) is 13.8. The normalized spacial score (nSPS) is 24.8. The molecule has 76 heavy (non-hydrogen) atoms. The Kier molecular flexibility index (Phi) is 13.4. The molecular weight excluding hydrogens is 977 g/mol. The lowest BCUT2D eigenvalue weighted by Gasteiger charge is -2.35. The third kappa shape index (κ3) is 9.20. The summed E-state index contributed by atoms with van der Waals surface area (Å²) in [7, 11) is 1.72. The minimum Gasteiger partial charge on any atom is -0.461 e. The number of imidazole rings is 1. The zero-order valence-electron chi connectivity index (χ0n) is 42.5. The average Bonchev–Trinajstić information content (AvgIpc) is 4.26. The van der Waals surface area contributed by atoms with Crippen LogP contribution < -0.4 is 31.3 Å². The van der Waals surface area contributed by atoms with E-state index in [0.29, 0.717) is 72.3 Å². The Labute approximate surface area is 437 Å². The zero-order chi connectivity index (χ0) is 52.2. The van der Waals surface area contributed by atoms with Crippen molar-refractivity contribution in [3.05, 3.63) is 88.0 Å². The molecule has 0 radical (unpaired) electrons. The third-order valence-electron chi connectivity index (χ3n) is 16.8. The molecule has 0 saturated carbocycles. The molecule has 6 atom stereocenters. The Bertz CT molecular complexity index is 3390. The Morgan fingerprint density at radius 1 is 1.00 bits per heavy atom. The number of pyridine rings is 1. The van der Waals surface area contributed by atoms with Crippen LogP contribution in [0.15, 0.2) is 59.5 Å². The SMILES string of the molecule is C#Cc1c(F)ccc2cccc(-c3ncc4c(N5CC6CCC(C5)N6)nc(OC[C@@]56CCCN5[C@H](COC(=O)NC[C@@H]5CN(CCCc7cccc8c7n(C)c(=O)n8C7CCC(=O)NC7=O)CCO5)CC6)nc4c3F)c12. The number of anilines is 1. The van der Waals surface area contributed by atoms with Crippen LogP contribution in [-0.2, 0) is 32.5 Å². The fourth-order valence-electron chi connectivity index (χ4n) is 13.1. The van der Waals surface area contributed by atoms with Gasteiger partial charge in [-0.1, -0.05) is 42.3 Å². The molecule has 2 bridgehead atoms. The van der Waals surface area contributed by atoms with Crippen LogP contribution in [0.25, 0.3) is 44.0 Å². The van der Waals surface area contributed by atoms with E-state index in [-0.39, 0.29) is 90.2 Å². The second kappa shape index (κ2) is 20.5. The first kappa shape index (κ1) is 49.8. The first-order chi connectivity index (χ1) is 36.9. The van der Waals surface area contributed by atoms with E-state index in [1.54, 1.807) is 42.1 Å². The van der Waals surface area contributed by atoms with Gasteiger partial charge in [-0.05, 0) is 94.0 Å². The van der Waals surface area contributed by atoms with Crippen molar-refractivity contribution >= 4 is 56.4 Å². The number of piperazine rings is 1. The van der Waals surface area contributed by atoms with Crippen LogP contribution in [0.3, 0.4) is 0 Å². The molecule has 6 aromatic rings. The van der Waals surface area contributed by atoms with Crippen LogP contribution in [0.5, 0.6) is 6.01 Å². The monoisotopic (exact) mass is 1040 g/mol. The Balaban J connectivity index is 0.672. The smallest absolute Gasteiger partial charge is 0.407 e. The largest absolute Gasteiger partial charge is 0.461 e. The number of para-hydroxylation sites is 1. The number of aryl methyl sites for hydroxylation is 2. The van der Waals surface area contributed by atoms with Gasteiger partial charge >= 0.3 is 17.8 Å². The van der Waals surface area contributed by atoms with Gasteiger partial charge in [0, 0.05) is 81.5 Å². The summed E-state index contributed by atoms with van der Waals surface area (Å²) in [6.07, 6.45) is 14.2. The van der Waals surface area contributed by atoms with E-state index in [9.17, 15) is 19.2 Å². The highest BCUT2D eigenvalue weighted by molar-refractivity contribution is 6.02. The maximum Gasteiger partial charge on any atom is 0.407 e. The van der Waals surface area contributed by atoms with Crippen molar-refractivity contribution in [2.45, 2.75) is 100 Å². The molecule has 12 rings (SSSR count). The Morgan fingerprint density at radius 2 is 1.84 bits per heavy atom. The van der Waals surface area contributed by atoms with Crippen molar-refractivity contribution in [2.24, 2.45) is 7.05 Å². The first-order valence-corrected chi connectivity index (χ1v) is 26.7. The number of morpholine rings is 1. The van der Waals surface area contributed by atoms with Crippen molar-refractivity contribution in [3.63, 3.8) is 0 Å². The molecule has 6 saturated heterocycles. The number of alkyl carbamates (subject to hydrolysis) is 1. The van der Waals surface area contributed by atoms with Crippen LogP contribution in [0.4, 0.5) is 19.4 Å². The number of benzene rings is 3. The van der Waals surface area contributed by atoms with Gasteiger partial charge in [0.15, 0.2) is 5.82 Å². The molecule has 3 unspecified atom stereocenters. The summed E-state index contributed by atoms with van der Waals surface area (Å²) in [5.41, 5.74) is 2.30. The number of imide groups is 1. The number of carbonyl (C=O) groups is 3. The summed E-state index contributed by atoms with van der Waals surface area (Å²) < 4.78 is 53.8. The standard InChI is InChI=1S/C56H61F2N11O7/c1-3-39-42(57)16-13-33-8-4-11-40(46(33)39)48-47(58)49-41(27-59-48)51(67-28-35-14-15-36(29-67)61-35)64-53(63-49)76-32-56-20-7-23-68(56)37(19-21-56)31-75-54(72)60-26-38-30-66(24-25-74-38)22-6-10-34-9-5-12-43-50(34)65(2)55(73)69(43)44-17-18-45(70)62-52(44)71/h1,4-5,8-9,11-13,16,27,35-38,44,61H,6-7,10,14-15,17-26,28-32H2,2H3,(H,60,72)(H,62,70,71)/t35?,36?,37-,38+,44?,56-/m0/s1. The molecule has 3 amide bonds. The number of amides is 3. The molecule has 3 aromatic carbocycles. The number of ether oxygens (including phenoxy) is 3. The van der Waals surface area contributed by atoms with Crippen molar-refractivity contribution < 1.29 is 37.4 Å². The van der Waals surface area contributed by atoms with E-state index in [4.69, 9.17) is 30.6 Å². The molecule has 396 valence electrons. The Morgan fingerprint density at radius 3 is 2.67 bits per heavy atom. The number of piperidine rings is 1. The maximum absolute atomic E-state index is 17.2. The minimum absolute atomic E-state index is 0.00399. The predicted octanol–water partition coefficient (Wildman–Crippen LogP) is 5.11. The summed E-state index contributed by atoms with van der Waals surface area (Å²) >= 11 is 0. The average molecular weight is 1040 g/mol. The molecular formula is C56H61F2N11O7. The molecule has 6 aliphatic heterocycles. The van der Waals surface area contributed by atoms with Gasteiger partial charge in [0.25, 0.3) is 0 Å². The van der Waals surface area contributed by atoms with Crippen LogP contribution in [0, 0.1) is 24.0 Å². The van der Waals surface area contributed by atoms with Crippen molar-refractivity contribution in [3.8, 4) is 29.6 Å². The van der Waals surface area contributed by atoms with E-state index in [1.807, 2.05) is 18.2 Å². The molecule has 20 heteroatoms. The number of fused-ring (bicyclic) bond motifs is 6. The van der Waals surface area contributed by atoms with Crippen molar-refractivity contribution in [1.82, 2.24) is 49.8 Å². The second-order valence-electron chi connectivity index (χ2n) is 21.4. The highest BCUT2D eigenvalue weighted by atomic mass is 19.1. The lowest BCUT2D eigenvalue weighted by atomic mass is 9.95. The molecule has 6 fully saturated rings. The van der Waals surface area contributed by atoms with E-state index < -0.39 is 29.7 Å².